The highest BCUT2D eigenvalue weighted by molar-refractivity contribution is 9.09. The van der Waals surface area contributed by atoms with Gasteiger partial charge in [-0.05, 0) is 37.1 Å². The van der Waals surface area contributed by atoms with Crippen LogP contribution in [0, 0.1) is 13.8 Å². The van der Waals surface area contributed by atoms with Crippen molar-refractivity contribution in [3.63, 3.8) is 0 Å². The Bertz CT molecular complexity index is 347. The molecule has 13 heavy (non-hydrogen) atoms. The Morgan fingerprint density at radius 3 is 2.46 bits per heavy atom. The Hall–Kier alpha value is -0.340. The average molecular weight is 262 g/mol. The Balaban J connectivity index is 3.23. The highest BCUT2D eigenvalue weighted by Gasteiger charge is 2.10. The van der Waals surface area contributed by atoms with Gasteiger partial charge < -0.3 is 0 Å². The smallest absolute Gasteiger partial charge is 0.174 e. The molecule has 0 aliphatic rings. The summed E-state index contributed by atoms with van der Waals surface area (Å²) in [6.07, 6.45) is 0. The van der Waals surface area contributed by atoms with Gasteiger partial charge in [0.2, 0.25) is 0 Å². The van der Waals surface area contributed by atoms with Crippen LogP contribution < -0.4 is 0 Å². The van der Waals surface area contributed by atoms with Crippen molar-refractivity contribution in [1.82, 2.24) is 0 Å². The minimum atomic E-state index is 0.0214. The Kier molecular flexibility index (Phi) is 3.51. The van der Waals surface area contributed by atoms with Crippen molar-refractivity contribution in [2.45, 2.75) is 13.8 Å². The first-order valence-electron chi connectivity index (χ1n) is 3.92. The van der Waals surface area contributed by atoms with Gasteiger partial charge in [-0.1, -0.05) is 27.5 Å². The third-order valence-electron chi connectivity index (χ3n) is 2.01. The number of halogens is 2. The van der Waals surface area contributed by atoms with Gasteiger partial charge in [0, 0.05) is 5.56 Å². The monoisotopic (exact) mass is 260 g/mol. The minimum Gasteiger partial charge on any atom is -0.293 e. The number of Topliss-reactive ketones (excluding diaryl/α,β-unsaturated/α-hetero) is 1. The zero-order valence-electron chi connectivity index (χ0n) is 7.53. The van der Waals surface area contributed by atoms with Crippen molar-refractivity contribution in [2.24, 2.45) is 0 Å². The van der Waals surface area contributed by atoms with Crippen molar-refractivity contribution < 1.29 is 4.79 Å². The molecule has 70 valence electrons. The zero-order chi connectivity index (χ0) is 10.0. The first-order valence-corrected chi connectivity index (χ1v) is 5.42. The van der Waals surface area contributed by atoms with Gasteiger partial charge in [0.1, 0.15) is 0 Å². The van der Waals surface area contributed by atoms with Gasteiger partial charge in [0.25, 0.3) is 0 Å². The van der Waals surface area contributed by atoms with E-state index in [2.05, 4.69) is 15.9 Å². The molecule has 0 radical (unpaired) electrons. The summed E-state index contributed by atoms with van der Waals surface area (Å²) in [7, 11) is 0. The quantitative estimate of drug-likeness (QED) is 0.588. The first-order chi connectivity index (χ1) is 6.06. The zero-order valence-corrected chi connectivity index (χ0v) is 9.87. The van der Waals surface area contributed by atoms with E-state index < -0.39 is 0 Å². The second kappa shape index (κ2) is 4.25. The van der Waals surface area contributed by atoms with Gasteiger partial charge in [-0.25, -0.2) is 0 Å². The largest absolute Gasteiger partial charge is 0.293 e. The molecule has 0 heterocycles. The van der Waals surface area contributed by atoms with E-state index in [9.17, 15) is 4.79 Å². The predicted octanol–water partition coefficient (Wildman–Crippen LogP) is 3.53. The molecule has 0 saturated heterocycles. The van der Waals surface area contributed by atoms with Gasteiger partial charge >= 0.3 is 0 Å². The van der Waals surface area contributed by atoms with E-state index in [-0.39, 0.29) is 5.78 Å². The molecule has 0 atom stereocenters. The van der Waals surface area contributed by atoms with E-state index in [0.717, 1.165) is 11.1 Å². The van der Waals surface area contributed by atoms with Crippen LogP contribution in [0.1, 0.15) is 21.5 Å². The van der Waals surface area contributed by atoms with Crippen LogP contribution in [0.5, 0.6) is 0 Å². The molecule has 0 bridgehead atoms. The van der Waals surface area contributed by atoms with E-state index in [1.807, 2.05) is 26.0 Å². The second-order valence-corrected chi connectivity index (χ2v) is 3.94. The summed E-state index contributed by atoms with van der Waals surface area (Å²) >= 11 is 9.05. The maximum absolute atomic E-state index is 11.4. The second-order valence-electron chi connectivity index (χ2n) is 2.97. The summed E-state index contributed by atoms with van der Waals surface area (Å²) < 4.78 is 0. The van der Waals surface area contributed by atoms with Gasteiger partial charge in [-0.2, -0.15) is 0 Å². The van der Waals surface area contributed by atoms with Crippen molar-refractivity contribution in [3.05, 3.63) is 33.8 Å². The number of hydrogen-bond acceptors (Lipinski definition) is 1. The summed E-state index contributed by atoms with van der Waals surface area (Å²) in [5, 5.41) is 0.849. The number of aryl methyl sites for hydroxylation is 2. The highest BCUT2D eigenvalue weighted by atomic mass is 79.9. The third-order valence-corrected chi connectivity index (χ3v) is 2.83. The van der Waals surface area contributed by atoms with Crippen LogP contribution in [0.2, 0.25) is 5.02 Å². The number of alkyl halides is 1. The van der Waals surface area contributed by atoms with Crippen molar-refractivity contribution >= 4 is 33.3 Å². The van der Waals surface area contributed by atoms with Crippen LogP contribution in [0.25, 0.3) is 0 Å². The van der Waals surface area contributed by atoms with Crippen LogP contribution in [-0.4, -0.2) is 11.1 Å². The standard InChI is InChI=1S/C10H10BrClO/c1-6-3-8(10(13)5-11)9(12)4-7(6)2/h3-4H,5H2,1-2H3. The van der Waals surface area contributed by atoms with Gasteiger partial charge in [-0.15, -0.1) is 0 Å². The normalized spacial score (nSPS) is 10.2. The summed E-state index contributed by atoms with van der Waals surface area (Å²) in [5.74, 6) is 0.0214. The lowest BCUT2D eigenvalue weighted by atomic mass is 10.0. The Labute approximate surface area is 91.2 Å². The number of hydrogen-bond donors (Lipinski definition) is 0. The molecule has 0 N–H and O–H groups in total. The average Bonchev–Trinajstić information content (AvgIpc) is 2.10. The molecule has 0 aromatic heterocycles. The van der Waals surface area contributed by atoms with E-state index in [1.54, 1.807) is 0 Å². The van der Waals surface area contributed by atoms with Gasteiger partial charge in [0.05, 0.1) is 10.4 Å². The molecule has 0 amide bonds. The van der Waals surface area contributed by atoms with E-state index >= 15 is 0 Å². The molecular formula is C10H10BrClO. The molecule has 1 rings (SSSR count). The van der Waals surface area contributed by atoms with Crippen LogP contribution in [0.4, 0.5) is 0 Å². The highest BCUT2D eigenvalue weighted by Crippen LogP contribution is 2.21. The molecule has 1 nitrogen and oxygen atoms in total. The van der Waals surface area contributed by atoms with E-state index in [0.29, 0.717) is 15.9 Å². The summed E-state index contributed by atoms with van der Waals surface area (Å²) in [5.41, 5.74) is 2.80. The number of ketones is 1. The SMILES string of the molecule is Cc1cc(Cl)c(C(=O)CBr)cc1C. The van der Waals surface area contributed by atoms with Crippen LogP contribution in [0.3, 0.4) is 0 Å². The molecule has 0 aliphatic heterocycles. The van der Waals surface area contributed by atoms with Crippen LogP contribution >= 0.6 is 27.5 Å². The topological polar surface area (TPSA) is 17.1 Å². The molecule has 0 saturated carbocycles. The fourth-order valence-corrected chi connectivity index (χ4v) is 1.69. The summed E-state index contributed by atoms with van der Waals surface area (Å²) in [6.45, 7) is 3.94. The predicted molar refractivity (Wildman–Crippen MR) is 59.1 cm³/mol. The van der Waals surface area contributed by atoms with Crippen molar-refractivity contribution in [2.75, 3.05) is 5.33 Å². The van der Waals surface area contributed by atoms with Crippen molar-refractivity contribution in [3.8, 4) is 0 Å². The summed E-state index contributed by atoms with van der Waals surface area (Å²) in [6, 6.07) is 3.66. The Morgan fingerprint density at radius 1 is 1.38 bits per heavy atom. The van der Waals surface area contributed by atoms with E-state index in [1.165, 1.54) is 0 Å². The molecule has 0 unspecified atom stereocenters. The van der Waals surface area contributed by atoms with Crippen LogP contribution in [-0.2, 0) is 0 Å². The van der Waals surface area contributed by atoms with Gasteiger partial charge in [0.15, 0.2) is 5.78 Å². The number of carbonyl (C=O) groups is 1. The fraction of sp³-hybridized carbons (Fsp3) is 0.300. The molecule has 1 aromatic carbocycles. The molecular weight excluding hydrogens is 251 g/mol. The fourth-order valence-electron chi connectivity index (χ4n) is 1.07. The molecule has 1 aromatic rings. The maximum atomic E-state index is 11.4. The van der Waals surface area contributed by atoms with Crippen LogP contribution in [0.15, 0.2) is 12.1 Å². The molecule has 3 heteroatoms. The number of rotatable bonds is 2. The summed E-state index contributed by atoms with van der Waals surface area (Å²) in [4.78, 5) is 11.4. The van der Waals surface area contributed by atoms with Gasteiger partial charge in [-0.3, -0.25) is 4.79 Å². The molecule has 0 fully saturated rings. The number of benzene rings is 1. The minimum absolute atomic E-state index is 0.0214. The number of carbonyl (C=O) groups excluding carboxylic acids is 1. The first kappa shape index (κ1) is 10.7. The lowest BCUT2D eigenvalue weighted by molar-refractivity contribution is 0.102. The Morgan fingerprint density at radius 2 is 1.92 bits per heavy atom. The van der Waals surface area contributed by atoms with Crippen molar-refractivity contribution in [1.29, 1.82) is 0 Å². The lowest BCUT2D eigenvalue weighted by Crippen LogP contribution is -2.02. The molecule has 0 spiro atoms. The molecule has 0 aliphatic carbocycles. The third kappa shape index (κ3) is 2.32. The lowest BCUT2D eigenvalue weighted by Gasteiger charge is -2.05. The van der Waals surface area contributed by atoms with E-state index in [4.69, 9.17) is 11.6 Å². The maximum Gasteiger partial charge on any atom is 0.174 e.